The van der Waals surface area contributed by atoms with Gasteiger partial charge >= 0.3 is 5.97 Å². The normalized spacial score (nSPS) is 23.9. The predicted octanol–water partition coefficient (Wildman–Crippen LogP) is 3.53. The average Bonchev–Trinajstić information content (AvgIpc) is 3.16. The summed E-state index contributed by atoms with van der Waals surface area (Å²) in [5.41, 5.74) is 1.86. The molecule has 0 spiro atoms. The summed E-state index contributed by atoms with van der Waals surface area (Å²) in [5, 5.41) is 9.32. The standard InChI is InChI=1S/C23H24FNO4/c1-23(2)25(20-16-11-7-6-10-15(16)13-18(20)29-23)21(26)17(19(24)22(27)28)12-14-8-4-3-5-9-14/h3-11,17-20H,12-13H2,1-2H3,(H,27,28)/t17-,18-,19+,20+/m1/s1. The van der Waals surface area contributed by atoms with E-state index in [0.717, 1.165) is 16.7 Å². The van der Waals surface area contributed by atoms with Gasteiger partial charge in [-0.2, -0.15) is 0 Å². The molecule has 1 fully saturated rings. The van der Waals surface area contributed by atoms with E-state index in [1.165, 1.54) is 0 Å². The Labute approximate surface area is 169 Å². The van der Waals surface area contributed by atoms with Crippen LogP contribution in [-0.4, -0.2) is 39.9 Å². The van der Waals surface area contributed by atoms with Gasteiger partial charge in [0.15, 0.2) is 0 Å². The summed E-state index contributed by atoms with van der Waals surface area (Å²) < 4.78 is 20.9. The maximum atomic E-state index is 14.8. The number of ether oxygens (including phenoxy) is 1. The minimum Gasteiger partial charge on any atom is -0.479 e. The van der Waals surface area contributed by atoms with Gasteiger partial charge in [-0.05, 0) is 37.0 Å². The lowest BCUT2D eigenvalue weighted by Gasteiger charge is -2.36. The molecule has 1 aliphatic carbocycles. The summed E-state index contributed by atoms with van der Waals surface area (Å²) in [5.74, 6) is -3.48. The van der Waals surface area contributed by atoms with Crippen molar-refractivity contribution in [2.75, 3.05) is 0 Å². The molecule has 0 bridgehead atoms. The van der Waals surface area contributed by atoms with Crippen LogP contribution in [0, 0.1) is 5.92 Å². The van der Waals surface area contributed by atoms with Crippen molar-refractivity contribution in [2.45, 2.75) is 50.7 Å². The van der Waals surface area contributed by atoms with Crippen molar-refractivity contribution in [3.63, 3.8) is 0 Å². The molecule has 5 nitrogen and oxygen atoms in total. The molecule has 1 N–H and O–H groups in total. The quantitative estimate of drug-likeness (QED) is 0.838. The first-order valence-corrected chi connectivity index (χ1v) is 9.79. The number of amides is 1. The molecule has 1 saturated heterocycles. The zero-order valence-corrected chi connectivity index (χ0v) is 16.4. The molecule has 1 amide bonds. The van der Waals surface area contributed by atoms with Crippen LogP contribution in [0.4, 0.5) is 4.39 Å². The Morgan fingerprint density at radius 1 is 1.17 bits per heavy atom. The van der Waals surface area contributed by atoms with E-state index < -0.39 is 29.7 Å². The van der Waals surface area contributed by atoms with Crippen LogP contribution in [0.5, 0.6) is 0 Å². The summed E-state index contributed by atoms with van der Waals surface area (Å²) in [7, 11) is 0. The van der Waals surface area contributed by atoms with Crippen LogP contribution in [0.25, 0.3) is 0 Å². The number of rotatable bonds is 5. The Hall–Kier alpha value is -2.73. The van der Waals surface area contributed by atoms with Crippen LogP contribution < -0.4 is 0 Å². The van der Waals surface area contributed by atoms with Gasteiger partial charge in [-0.15, -0.1) is 0 Å². The number of hydrogen-bond acceptors (Lipinski definition) is 3. The van der Waals surface area contributed by atoms with Crippen molar-refractivity contribution in [1.29, 1.82) is 0 Å². The summed E-state index contributed by atoms with van der Waals surface area (Å²) in [6, 6.07) is 16.4. The molecule has 29 heavy (non-hydrogen) atoms. The molecule has 0 saturated carbocycles. The van der Waals surface area contributed by atoms with Crippen molar-refractivity contribution >= 4 is 11.9 Å². The van der Waals surface area contributed by atoms with Crippen molar-refractivity contribution < 1.29 is 23.8 Å². The Kier molecular flexibility index (Phi) is 4.90. The van der Waals surface area contributed by atoms with Crippen LogP contribution in [0.3, 0.4) is 0 Å². The number of alkyl halides is 1. The third-order valence-electron chi connectivity index (χ3n) is 5.89. The second-order valence-corrected chi connectivity index (χ2v) is 8.20. The monoisotopic (exact) mass is 397 g/mol. The molecule has 6 heteroatoms. The lowest BCUT2D eigenvalue weighted by atomic mass is 9.91. The minimum atomic E-state index is -2.30. The molecule has 2 aromatic rings. The maximum absolute atomic E-state index is 14.8. The first-order valence-electron chi connectivity index (χ1n) is 9.79. The summed E-state index contributed by atoms with van der Waals surface area (Å²) in [6.45, 7) is 3.55. The number of fused-ring (bicyclic) bond motifs is 3. The Bertz CT molecular complexity index is 929. The first kappa shape index (κ1) is 19.6. The number of carbonyl (C=O) groups is 2. The van der Waals surface area contributed by atoms with Gasteiger partial charge in [0.1, 0.15) is 5.72 Å². The highest BCUT2D eigenvalue weighted by Crippen LogP contribution is 2.49. The van der Waals surface area contributed by atoms with Gasteiger partial charge < -0.3 is 14.7 Å². The van der Waals surface area contributed by atoms with Crippen LogP contribution in [0.2, 0.25) is 0 Å². The number of benzene rings is 2. The van der Waals surface area contributed by atoms with Crippen molar-refractivity contribution in [1.82, 2.24) is 4.90 Å². The Balaban J connectivity index is 1.71. The third kappa shape index (κ3) is 3.42. The highest BCUT2D eigenvalue weighted by atomic mass is 19.1. The predicted molar refractivity (Wildman–Crippen MR) is 105 cm³/mol. The molecule has 0 radical (unpaired) electrons. The van der Waals surface area contributed by atoms with Gasteiger partial charge in [-0.25, -0.2) is 9.18 Å². The van der Waals surface area contributed by atoms with Crippen LogP contribution in [0.15, 0.2) is 54.6 Å². The molecule has 4 atom stereocenters. The van der Waals surface area contributed by atoms with Crippen LogP contribution in [0.1, 0.15) is 36.6 Å². The van der Waals surface area contributed by atoms with Crippen molar-refractivity contribution in [3.8, 4) is 0 Å². The van der Waals surface area contributed by atoms with Gasteiger partial charge in [0.25, 0.3) is 0 Å². The summed E-state index contributed by atoms with van der Waals surface area (Å²) in [6.07, 6.45) is -1.82. The first-order chi connectivity index (χ1) is 13.8. The van der Waals surface area contributed by atoms with E-state index in [1.54, 1.807) is 43.0 Å². The second-order valence-electron chi connectivity index (χ2n) is 8.20. The Morgan fingerprint density at radius 2 is 1.83 bits per heavy atom. The van der Waals surface area contributed by atoms with Gasteiger partial charge in [-0.3, -0.25) is 4.79 Å². The van der Waals surface area contributed by atoms with E-state index in [4.69, 9.17) is 4.74 Å². The van der Waals surface area contributed by atoms with E-state index in [9.17, 15) is 19.1 Å². The molecular formula is C23H24FNO4. The molecule has 2 aromatic carbocycles. The SMILES string of the molecule is CC1(C)O[C@@H]2Cc3ccccc3[C@@H]2N1C(=O)[C@H](Cc1ccccc1)[C@H](F)C(=O)O. The largest absolute Gasteiger partial charge is 0.479 e. The molecule has 1 heterocycles. The second kappa shape index (κ2) is 7.26. The fourth-order valence-corrected chi connectivity index (χ4v) is 4.65. The van der Waals surface area contributed by atoms with Crippen LogP contribution in [-0.2, 0) is 27.2 Å². The number of carboxylic acid groups (broad SMARTS) is 1. The number of halogens is 1. The van der Waals surface area contributed by atoms with Crippen molar-refractivity contribution in [2.24, 2.45) is 5.92 Å². The minimum absolute atomic E-state index is 0.0127. The lowest BCUT2D eigenvalue weighted by molar-refractivity contribution is -0.160. The van der Waals surface area contributed by atoms with E-state index in [0.29, 0.717) is 6.42 Å². The fourth-order valence-electron chi connectivity index (χ4n) is 4.65. The lowest BCUT2D eigenvalue weighted by Crippen LogP contribution is -2.50. The maximum Gasteiger partial charge on any atom is 0.339 e. The zero-order chi connectivity index (χ0) is 20.8. The number of aliphatic carboxylic acids is 1. The Morgan fingerprint density at radius 3 is 2.52 bits per heavy atom. The summed E-state index contributed by atoms with van der Waals surface area (Å²) in [4.78, 5) is 26.6. The van der Waals surface area contributed by atoms with E-state index >= 15 is 0 Å². The number of carboxylic acids is 1. The van der Waals surface area contributed by atoms with Crippen LogP contribution >= 0.6 is 0 Å². The molecule has 1 aliphatic heterocycles. The fraction of sp³-hybridized carbons (Fsp3) is 0.391. The number of carbonyl (C=O) groups excluding carboxylic acids is 1. The zero-order valence-electron chi connectivity index (χ0n) is 16.4. The highest BCUT2D eigenvalue weighted by molar-refractivity contribution is 5.87. The number of nitrogens with zero attached hydrogens (tertiary/aromatic N) is 1. The molecular weight excluding hydrogens is 373 g/mol. The number of hydrogen-bond donors (Lipinski definition) is 1. The summed E-state index contributed by atoms with van der Waals surface area (Å²) >= 11 is 0. The van der Waals surface area contributed by atoms with E-state index in [-0.39, 0.29) is 18.6 Å². The average molecular weight is 397 g/mol. The topological polar surface area (TPSA) is 66.8 Å². The molecule has 4 rings (SSSR count). The van der Waals surface area contributed by atoms with E-state index in [2.05, 4.69) is 0 Å². The van der Waals surface area contributed by atoms with Gasteiger partial charge in [0.05, 0.1) is 18.1 Å². The molecule has 0 aromatic heterocycles. The van der Waals surface area contributed by atoms with Gasteiger partial charge in [-0.1, -0.05) is 54.6 Å². The third-order valence-corrected chi connectivity index (χ3v) is 5.89. The van der Waals surface area contributed by atoms with Gasteiger partial charge in [0, 0.05) is 6.42 Å². The highest BCUT2D eigenvalue weighted by Gasteiger charge is 2.55. The van der Waals surface area contributed by atoms with Gasteiger partial charge in [0.2, 0.25) is 12.1 Å². The molecule has 2 aliphatic rings. The van der Waals surface area contributed by atoms with E-state index in [1.807, 2.05) is 30.3 Å². The van der Waals surface area contributed by atoms with Crippen molar-refractivity contribution in [3.05, 3.63) is 71.3 Å². The molecule has 152 valence electrons. The molecule has 0 unspecified atom stereocenters. The smallest absolute Gasteiger partial charge is 0.339 e.